The van der Waals surface area contributed by atoms with Gasteiger partial charge in [-0.15, -0.1) is 0 Å². The van der Waals surface area contributed by atoms with E-state index in [0.717, 1.165) is 28.2 Å². The van der Waals surface area contributed by atoms with Gasteiger partial charge in [-0.25, -0.2) is 4.98 Å². The quantitative estimate of drug-likeness (QED) is 0.803. The Bertz CT molecular complexity index is 770. The molecule has 0 aliphatic carbocycles. The van der Waals surface area contributed by atoms with E-state index < -0.39 is 0 Å². The third kappa shape index (κ3) is 2.27. The Kier molecular flexibility index (Phi) is 3.17. The van der Waals surface area contributed by atoms with Gasteiger partial charge >= 0.3 is 0 Å². The molecule has 3 rings (SSSR count). The number of rotatable bonds is 3. The number of hydrogen-bond acceptors (Lipinski definition) is 4. The van der Waals surface area contributed by atoms with Gasteiger partial charge in [0.1, 0.15) is 5.65 Å². The molecule has 0 amide bonds. The fraction of sp³-hybridized carbons (Fsp3) is 0.188. The average Bonchev–Trinajstić information content (AvgIpc) is 2.89. The molecule has 0 aliphatic heterocycles. The lowest BCUT2D eigenvalue weighted by atomic mass is 10.1. The van der Waals surface area contributed by atoms with E-state index >= 15 is 0 Å². The Hall–Kier alpha value is -2.69. The molecule has 0 unspecified atom stereocenters. The maximum absolute atomic E-state index is 5.93. The summed E-state index contributed by atoms with van der Waals surface area (Å²) in [6.45, 7) is 1.97. The standard InChI is InChI=1S/C16H17N3O2/c1-10-6-16-18-13(9-19(16)8-12(10)17)11-4-5-14(20-2)15(7-11)21-3/h4-9H,17H2,1-3H3. The summed E-state index contributed by atoms with van der Waals surface area (Å²) in [4.78, 5) is 4.63. The third-order valence-corrected chi connectivity index (χ3v) is 3.52. The number of aryl methyl sites for hydroxylation is 1. The van der Waals surface area contributed by atoms with Crippen LogP contribution < -0.4 is 15.2 Å². The number of anilines is 1. The number of fused-ring (bicyclic) bond motifs is 1. The van der Waals surface area contributed by atoms with Crippen LogP contribution in [0, 0.1) is 6.92 Å². The summed E-state index contributed by atoms with van der Waals surface area (Å²) in [7, 11) is 3.24. The predicted octanol–water partition coefficient (Wildman–Crippen LogP) is 2.91. The summed E-state index contributed by atoms with van der Waals surface area (Å²) < 4.78 is 12.5. The van der Waals surface area contributed by atoms with E-state index in [1.165, 1.54) is 0 Å². The minimum absolute atomic E-state index is 0.683. The Morgan fingerprint density at radius 2 is 1.81 bits per heavy atom. The molecule has 5 heteroatoms. The van der Waals surface area contributed by atoms with Crippen molar-refractivity contribution in [3.05, 3.63) is 42.2 Å². The number of methoxy groups -OCH3 is 2. The maximum atomic E-state index is 5.93. The summed E-state index contributed by atoms with van der Waals surface area (Å²) in [5, 5.41) is 0. The number of nitrogens with two attached hydrogens (primary N) is 1. The molecule has 2 aromatic heterocycles. The third-order valence-electron chi connectivity index (χ3n) is 3.52. The van der Waals surface area contributed by atoms with Crippen LogP contribution in [0.3, 0.4) is 0 Å². The van der Waals surface area contributed by atoms with Crippen LogP contribution in [0.5, 0.6) is 11.5 Å². The van der Waals surface area contributed by atoms with Crippen molar-refractivity contribution in [1.82, 2.24) is 9.38 Å². The second-order valence-corrected chi connectivity index (χ2v) is 4.87. The molecule has 0 saturated carbocycles. The second kappa shape index (κ2) is 5.01. The van der Waals surface area contributed by atoms with E-state index in [4.69, 9.17) is 15.2 Å². The number of imidazole rings is 1. The molecular formula is C16H17N3O2. The van der Waals surface area contributed by atoms with E-state index in [2.05, 4.69) is 4.98 Å². The predicted molar refractivity (Wildman–Crippen MR) is 82.9 cm³/mol. The fourth-order valence-corrected chi connectivity index (χ4v) is 2.28. The highest BCUT2D eigenvalue weighted by molar-refractivity contribution is 5.67. The second-order valence-electron chi connectivity index (χ2n) is 4.87. The minimum atomic E-state index is 0.683. The number of ether oxygens (including phenoxy) is 2. The molecule has 2 heterocycles. The summed E-state index contributed by atoms with van der Waals surface area (Å²) in [5.74, 6) is 1.38. The monoisotopic (exact) mass is 283 g/mol. The van der Waals surface area contributed by atoms with Gasteiger partial charge in [-0.1, -0.05) is 0 Å². The van der Waals surface area contributed by atoms with Crippen molar-refractivity contribution in [3.8, 4) is 22.8 Å². The van der Waals surface area contributed by atoms with E-state index in [-0.39, 0.29) is 0 Å². The highest BCUT2D eigenvalue weighted by atomic mass is 16.5. The fourth-order valence-electron chi connectivity index (χ4n) is 2.28. The van der Waals surface area contributed by atoms with Crippen LogP contribution in [0.25, 0.3) is 16.9 Å². The highest BCUT2D eigenvalue weighted by Gasteiger charge is 2.10. The van der Waals surface area contributed by atoms with Gasteiger partial charge in [0.15, 0.2) is 11.5 Å². The van der Waals surface area contributed by atoms with Gasteiger partial charge in [-0.3, -0.25) is 0 Å². The molecule has 0 spiro atoms. The van der Waals surface area contributed by atoms with Crippen molar-refractivity contribution in [2.45, 2.75) is 6.92 Å². The van der Waals surface area contributed by atoms with E-state index in [9.17, 15) is 0 Å². The lowest BCUT2D eigenvalue weighted by Gasteiger charge is -2.08. The first kappa shape index (κ1) is 13.3. The van der Waals surface area contributed by atoms with E-state index in [1.807, 2.05) is 48.0 Å². The Balaban J connectivity index is 2.12. The van der Waals surface area contributed by atoms with Crippen LogP contribution in [0.2, 0.25) is 0 Å². The molecule has 0 aliphatic rings. The molecule has 1 aromatic carbocycles. The van der Waals surface area contributed by atoms with Gasteiger partial charge < -0.3 is 19.6 Å². The summed E-state index contributed by atoms with van der Waals surface area (Å²) in [6, 6.07) is 7.72. The van der Waals surface area contributed by atoms with Gasteiger partial charge in [0.25, 0.3) is 0 Å². The average molecular weight is 283 g/mol. The zero-order valence-electron chi connectivity index (χ0n) is 12.3. The van der Waals surface area contributed by atoms with Crippen molar-refractivity contribution in [3.63, 3.8) is 0 Å². The van der Waals surface area contributed by atoms with Crippen molar-refractivity contribution >= 4 is 11.3 Å². The molecule has 5 nitrogen and oxygen atoms in total. The van der Waals surface area contributed by atoms with Crippen LogP contribution >= 0.6 is 0 Å². The molecule has 0 saturated heterocycles. The molecule has 21 heavy (non-hydrogen) atoms. The smallest absolute Gasteiger partial charge is 0.161 e. The first-order valence-electron chi connectivity index (χ1n) is 6.59. The van der Waals surface area contributed by atoms with Crippen LogP contribution in [0.1, 0.15) is 5.56 Å². The first-order valence-corrected chi connectivity index (χ1v) is 6.59. The summed E-state index contributed by atoms with van der Waals surface area (Å²) >= 11 is 0. The number of pyridine rings is 1. The largest absolute Gasteiger partial charge is 0.493 e. The molecule has 3 aromatic rings. The zero-order valence-corrected chi connectivity index (χ0v) is 12.3. The van der Waals surface area contributed by atoms with Gasteiger partial charge in [-0.2, -0.15) is 0 Å². The number of aromatic nitrogens is 2. The van der Waals surface area contributed by atoms with Gasteiger partial charge in [-0.05, 0) is 36.8 Å². The molecule has 0 fully saturated rings. The summed E-state index contributed by atoms with van der Waals surface area (Å²) in [6.07, 6.45) is 3.83. The lowest BCUT2D eigenvalue weighted by Crippen LogP contribution is -1.93. The number of nitrogen functional groups attached to an aromatic ring is 1. The molecule has 2 N–H and O–H groups in total. The molecule has 108 valence electrons. The lowest BCUT2D eigenvalue weighted by molar-refractivity contribution is 0.355. The molecule has 0 bridgehead atoms. The Labute approximate surface area is 122 Å². The Morgan fingerprint density at radius 3 is 2.52 bits per heavy atom. The molecule has 0 radical (unpaired) electrons. The number of benzene rings is 1. The highest BCUT2D eigenvalue weighted by Crippen LogP contribution is 2.32. The normalized spacial score (nSPS) is 10.8. The zero-order chi connectivity index (χ0) is 15.0. The van der Waals surface area contributed by atoms with Crippen molar-refractivity contribution in [1.29, 1.82) is 0 Å². The van der Waals surface area contributed by atoms with Crippen molar-refractivity contribution < 1.29 is 9.47 Å². The van der Waals surface area contributed by atoms with E-state index in [1.54, 1.807) is 14.2 Å². The van der Waals surface area contributed by atoms with E-state index in [0.29, 0.717) is 11.5 Å². The minimum Gasteiger partial charge on any atom is -0.493 e. The van der Waals surface area contributed by atoms with Gasteiger partial charge in [0, 0.05) is 18.0 Å². The number of hydrogen-bond donors (Lipinski definition) is 1. The van der Waals surface area contributed by atoms with Gasteiger partial charge in [0.2, 0.25) is 0 Å². The van der Waals surface area contributed by atoms with Crippen molar-refractivity contribution in [2.24, 2.45) is 0 Å². The SMILES string of the molecule is COc1ccc(-c2cn3cc(N)c(C)cc3n2)cc1OC. The van der Waals surface area contributed by atoms with Crippen LogP contribution in [0.4, 0.5) is 5.69 Å². The van der Waals surface area contributed by atoms with Crippen LogP contribution in [-0.4, -0.2) is 23.6 Å². The maximum Gasteiger partial charge on any atom is 0.161 e. The number of nitrogens with zero attached hydrogens (tertiary/aromatic N) is 2. The van der Waals surface area contributed by atoms with Gasteiger partial charge in [0.05, 0.1) is 25.6 Å². The molecule has 0 atom stereocenters. The first-order chi connectivity index (χ1) is 10.1. The van der Waals surface area contributed by atoms with Crippen LogP contribution in [-0.2, 0) is 0 Å². The van der Waals surface area contributed by atoms with Crippen LogP contribution in [0.15, 0.2) is 36.7 Å². The van der Waals surface area contributed by atoms with Crippen molar-refractivity contribution in [2.75, 3.05) is 20.0 Å². The summed E-state index contributed by atoms with van der Waals surface area (Å²) in [5.41, 5.74) is 10.4. The topological polar surface area (TPSA) is 61.8 Å². The molecular weight excluding hydrogens is 266 g/mol. The Morgan fingerprint density at radius 1 is 1.05 bits per heavy atom.